The highest BCUT2D eigenvalue weighted by atomic mass is 16.5. The zero-order valence-electron chi connectivity index (χ0n) is 23.9. The number of rotatable bonds is 6. The Labute approximate surface area is 252 Å². The second-order valence-electron chi connectivity index (χ2n) is 10.3. The van der Waals surface area contributed by atoms with E-state index in [1.165, 1.54) is 4.57 Å². The summed E-state index contributed by atoms with van der Waals surface area (Å²) >= 11 is 0. The Morgan fingerprint density at radius 1 is 1.11 bits per heavy atom. The standard InChI is InChI=1S/C33H29N7O4/c1-20(38-32(42)27-28-22(11-7-16-35-28)19-37-29(27)34)30-39-24-14-5-9-21(10-6-17-36-31(41)25-15-8-18-44-25)26(24)33(43)40(30)23-12-3-2-4-13-23/h2-5,7,9,11-14,16,19-20,25H,8,15,17-18H2,1H3,(H2,34,37)(H,36,41)(H,38,42)/t20?,25-/m1/s1. The van der Waals surface area contributed by atoms with E-state index < -0.39 is 18.1 Å². The Hall–Kier alpha value is -5.60. The molecule has 1 saturated heterocycles. The fourth-order valence-electron chi connectivity index (χ4n) is 5.25. The van der Waals surface area contributed by atoms with E-state index in [4.69, 9.17) is 15.5 Å². The van der Waals surface area contributed by atoms with Gasteiger partial charge in [-0.25, -0.2) is 9.97 Å². The predicted molar refractivity (Wildman–Crippen MR) is 166 cm³/mol. The van der Waals surface area contributed by atoms with Gasteiger partial charge in [-0.15, -0.1) is 0 Å². The van der Waals surface area contributed by atoms with E-state index in [1.54, 1.807) is 61.8 Å². The number of ether oxygens (including phenoxy) is 1. The van der Waals surface area contributed by atoms with Crippen LogP contribution in [0.5, 0.6) is 0 Å². The maximum atomic E-state index is 14.2. The molecule has 0 radical (unpaired) electrons. The largest absolute Gasteiger partial charge is 0.383 e. The number of para-hydroxylation sites is 1. The number of pyridine rings is 2. The van der Waals surface area contributed by atoms with E-state index in [0.29, 0.717) is 51.9 Å². The molecule has 0 aliphatic carbocycles. The Morgan fingerprint density at radius 2 is 1.95 bits per heavy atom. The van der Waals surface area contributed by atoms with Gasteiger partial charge >= 0.3 is 0 Å². The smallest absolute Gasteiger partial charge is 0.267 e. The predicted octanol–water partition coefficient (Wildman–Crippen LogP) is 3.05. The summed E-state index contributed by atoms with van der Waals surface area (Å²) in [5.41, 5.74) is 7.79. The van der Waals surface area contributed by atoms with Gasteiger partial charge in [0.1, 0.15) is 23.3 Å². The molecule has 44 heavy (non-hydrogen) atoms. The lowest BCUT2D eigenvalue weighted by atomic mass is 10.1. The molecule has 0 spiro atoms. The fourth-order valence-corrected chi connectivity index (χ4v) is 5.25. The van der Waals surface area contributed by atoms with Crippen LogP contribution in [0, 0.1) is 11.8 Å². The van der Waals surface area contributed by atoms with Gasteiger partial charge in [-0.1, -0.05) is 36.1 Å². The minimum atomic E-state index is -0.721. The second-order valence-corrected chi connectivity index (χ2v) is 10.3. The van der Waals surface area contributed by atoms with Gasteiger partial charge < -0.3 is 21.1 Å². The Morgan fingerprint density at radius 3 is 2.75 bits per heavy atom. The van der Waals surface area contributed by atoms with E-state index in [-0.39, 0.29) is 29.4 Å². The molecule has 2 amide bonds. The molecule has 4 heterocycles. The van der Waals surface area contributed by atoms with Crippen molar-refractivity contribution in [2.24, 2.45) is 0 Å². The monoisotopic (exact) mass is 587 g/mol. The van der Waals surface area contributed by atoms with Gasteiger partial charge in [0.25, 0.3) is 11.5 Å². The van der Waals surface area contributed by atoms with Crippen molar-refractivity contribution in [3.05, 3.63) is 100 Å². The summed E-state index contributed by atoms with van der Waals surface area (Å²) in [5, 5.41) is 6.70. The number of fused-ring (bicyclic) bond motifs is 2. The molecule has 220 valence electrons. The minimum Gasteiger partial charge on any atom is -0.383 e. The topological polar surface area (TPSA) is 154 Å². The van der Waals surface area contributed by atoms with Gasteiger partial charge in [-0.2, -0.15) is 0 Å². The van der Waals surface area contributed by atoms with Crippen LogP contribution in [-0.4, -0.2) is 50.6 Å². The first kappa shape index (κ1) is 28.5. The van der Waals surface area contributed by atoms with Gasteiger partial charge in [0.15, 0.2) is 0 Å². The summed E-state index contributed by atoms with van der Waals surface area (Å²) in [6.45, 7) is 2.43. The molecule has 3 aromatic heterocycles. The summed E-state index contributed by atoms with van der Waals surface area (Å²) in [5.74, 6) is 5.64. The van der Waals surface area contributed by atoms with Crippen molar-refractivity contribution in [1.29, 1.82) is 0 Å². The summed E-state index contributed by atoms with van der Waals surface area (Å²) in [4.78, 5) is 53.4. The lowest BCUT2D eigenvalue weighted by Gasteiger charge is -2.20. The lowest BCUT2D eigenvalue weighted by Crippen LogP contribution is -2.34. The highest BCUT2D eigenvalue weighted by Gasteiger charge is 2.24. The zero-order valence-corrected chi connectivity index (χ0v) is 23.9. The molecule has 6 rings (SSSR count). The third-order valence-corrected chi connectivity index (χ3v) is 7.37. The van der Waals surface area contributed by atoms with Crippen LogP contribution < -0.4 is 21.9 Å². The highest BCUT2D eigenvalue weighted by molar-refractivity contribution is 6.09. The molecule has 2 aromatic carbocycles. The number of aromatic nitrogens is 4. The van der Waals surface area contributed by atoms with Crippen LogP contribution >= 0.6 is 0 Å². The Balaban J connectivity index is 1.37. The molecule has 11 heteroatoms. The van der Waals surface area contributed by atoms with Crippen molar-refractivity contribution in [3.63, 3.8) is 0 Å². The molecule has 0 bridgehead atoms. The van der Waals surface area contributed by atoms with E-state index in [2.05, 4.69) is 32.4 Å². The normalized spacial score (nSPS) is 15.0. The van der Waals surface area contributed by atoms with Gasteiger partial charge in [0, 0.05) is 30.0 Å². The van der Waals surface area contributed by atoms with E-state index in [1.807, 2.05) is 18.2 Å². The number of hydrogen-bond donors (Lipinski definition) is 3. The molecule has 11 nitrogen and oxygen atoms in total. The van der Waals surface area contributed by atoms with E-state index in [0.717, 1.165) is 6.42 Å². The van der Waals surface area contributed by atoms with Gasteiger partial charge in [-0.05, 0) is 56.2 Å². The first-order valence-corrected chi connectivity index (χ1v) is 14.2. The van der Waals surface area contributed by atoms with Crippen molar-refractivity contribution in [2.45, 2.75) is 31.9 Å². The third kappa shape index (κ3) is 5.58. The molecular formula is C33H29N7O4. The number of nitrogen functional groups attached to an aromatic ring is 1. The number of hydrogen-bond acceptors (Lipinski definition) is 8. The number of anilines is 1. The number of carbonyl (C=O) groups excluding carboxylic acids is 2. The first-order valence-electron chi connectivity index (χ1n) is 14.2. The molecule has 1 fully saturated rings. The maximum Gasteiger partial charge on any atom is 0.267 e. The van der Waals surface area contributed by atoms with Crippen LogP contribution in [-0.2, 0) is 9.53 Å². The van der Waals surface area contributed by atoms with Crippen molar-refractivity contribution in [2.75, 3.05) is 18.9 Å². The average molecular weight is 588 g/mol. The average Bonchev–Trinajstić information content (AvgIpc) is 3.58. The number of carbonyl (C=O) groups is 2. The van der Waals surface area contributed by atoms with Crippen LogP contribution in [0.4, 0.5) is 5.82 Å². The summed E-state index contributed by atoms with van der Waals surface area (Å²) in [7, 11) is 0. The number of benzene rings is 2. The summed E-state index contributed by atoms with van der Waals surface area (Å²) in [6.07, 6.45) is 4.25. The van der Waals surface area contributed by atoms with Crippen LogP contribution in [0.15, 0.2) is 77.9 Å². The zero-order chi connectivity index (χ0) is 30.6. The maximum absolute atomic E-state index is 14.2. The minimum absolute atomic E-state index is 0.0444. The van der Waals surface area contributed by atoms with Gasteiger partial charge in [0.05, 0.1) is 34.7 Å². The summed E-state index contributed by atoms with van der Waals surface area (Å²) < 4.78 is 6.88. The molecule has 1 aliphatic rings. The Kier molecular flexibility index (Phi) is 7.99. The van der Waals surface area contributed by atoms with E-state index >= 15 is 0 Å². The second kappa shape index (κ2) is 12.3. The molecule has 1 unspecified atom stereocenters. The van der Waals surface area contributed by atoms with Crippen molar-refractivity contribution < 1.29 is 14.3 Å². The molecule has 4 N–H and O–H groups in total. The van der Waals surface area contributed by atoms with Crippen molar-refractivity contribution in [3.8, 4) is 17.5 Å². The SMILES string of the molecule is CC(NC(=O)c1c(N)ncc2cccnc12)c1nc2cccc(C#CCNC(=O)[C@H]3CCCO3)c2c(=O)n1-c1ccccc1. The first-order chi connectivity index (χ1) is 21.4. The van der Waals surface area contributed by atoms with Crippen LogP contribution in [0.2, 0.25) is 0 Å². The number of nitrogens with two attached hydrogens (primary N) is 1. The van der Waals surface area contributed by atoms with Crippen LogP contribution in [0.3, 0.4) is 0 Å². The van der Waals surface area contributed by atoms with Crippen molar-refractivity contribution in [1.82, 2.24) is 30.2 Å². The molecule has 2 atom stereocenters. The Bertz CT molecular complexity index is 2010. The molecule has 0 saturated carbocycles. The van der Waals surface area contributed by atoms with Gasteiger partial charge in [0.2, 0.25) is 5.91 Å². The van der Waals surface area contributed by atoms with Crippen LogP contribution in [0.25, 0.3) is 27.5 Å². The third-order valence-electron chi connectivity index (χ3n) is 7.37. The number of nitrogens with zero attached hydrogens (tertiary/aromatic N) is 4. The lowest BCUT2D eigenvalue weighted by molar-refractivity contribution is -0.129. The van der Waals surface area contributed by atoms with Crippen LogP contribution in [0.1, 0.15) is 47.6 Å². The quantitative estimate of drug-likeness (QED) is 0.256. The van der Waals surface area contributed by atoms with Crippen molar-refractivity contribution >= 4 is 39.4 Å². The van der Waals surface area contributed by atoms with E-state index in [9.17, 15) is 14.4 Å². The van der Waals surface area contributed by atoms with Gasteiger partial charge in [-0.3, -0.25) is 23.9 Å². The molecule has 5 aromatic rings. The molecule has 1 aliphatic heterocycles. The fraction of sp³-hybridized carbons (Fsp3) is 0.212. The number of nitrogens with one attached hydrogen (secondary N) is 2. The molecular weight excluding hydrogens is 558 g/mol. The highest BCUT2D eigenvalue weighted by Crippen LogP contribution is 2.23. The summed E-state index contributed by atoms with van der Waals surface area (Å²) in [6, 6.07) is 17.1. The number of amides is 2.